The van der Waals surface area contributed by atoms with Gasteiger partial charge in [-0.25, -0.2) is 21.8 Å². The van der Waals surface area contributed by atoms with E-state index in [4.69, 9.17) is 0 Å². The molecular weight excluding hydrogens is 374 g/mol. The summed E-state index contributed by atoms with van der Waals surface area (Å²) in [6.45, 7) is 0. The molecule has 3 rings (SSSR count). The highest BCUT2D eigenvalue weighted by atomic mass is 32.2. The first kappa shape index (κ1) is 17.9. The lowest BCUT2D eigenvalue weighted by atomic mass is 10.4. The molecule has 1 aromatic heterocycles. The SMILES string of the molecule is O=S(=O)(Nc1ccc(NS(=O)(=O)c2ccccc2)nc1)c1ccccc1. The van der Waals surface area contributed by atoms with Crippen LogP contribution in [-0.4, -0.2) is 21.8 Å². The van der Waals surface area contributed by atoms with Gasteiger partial charge in [-0.05, 0) is 36.4 Å². The van der Waals surface area contributed by atoms with E-state index in [1.165, 1.54) is 42.6 Å². The quantitative estimate of drug-likeness (QED) is 0.674. The smallest absolute Gasteiger partial charge is 0.263 e. The van der Waals surface area contributed by atoms with Crippen molar-refractivity contribution in [2.45, 2.75) is 9.79 Å². The summed E-state index contributed by atoms with van der Waals surface area (Å²) >= 11 is 0. The van der Waals surface area contributed by atoms with Crippen molar-refractivity contribution in [1.82, 2.24) is 4.98 Å². The normalized spacial score (nSPS) is 11.7. The maximum atomic E-state index is 12.2. The third-order valence-corrected chi connectivity index (χ3v) is 6.13. The summed E-state index contributed by atoms with van der Waals surface area (Å²) in [4.78, 5) is 4.18. The molecule has 0 aliphatic heterocycles. The Hall–Kier alpha value is -2.91. The number of pyridine rings is 1. The summed E-state index contributed by atoms with van der Waals surface area (Å²) in [5, 5.41) is 0. The maximum absolute atomic E-state index is 12.2. The molecule has 1 heterocycles. The Labute approximate surface area is 151 Å². The van der Waals surface area contributed by atoms with Gasteiger partial charge in [0.25, 0.3) is 20.0 Å². The van der Waals surface area contributed by atoms with E-state index in [1.807, 2.05) is 0 Å². The Kier molecular flexibility index (Phi) is 4.92. The van der Waals surface area contributed by atoms with E-state index in [1.54, 1.807) is 36.4 Å². The van der Waals surface area contributed by atoms with Crippen LogP contribution in [0.25, 0.3) is 0 Å². The molecule has 0 spiro atoms. The molecule has 0 amide bonds. The van der Waals surface area contributed by atoms with E-state index in [2.05, 4.69) is 14.4 Å². The zero-order valence-electron chi connectivity index (χ0n) is 13.4. The Bertz CT molecular complexity index is 993. The third-order valence-electron chi connectivity index (χ3n) is 3.36. The summed E-state index contributed by atoms with van der Waals surface area (Å²) in [6.07, 6.45) is 1.24. The molecule has 2 N–H and O–H groups in total. The Morgan fingerprint density at radius 3 is 1.58 bits per heavy atom. The molecule has 0 saturated carbocycles. The average Bonchev–Trinajstić information content (AvgIpc) is 2.64. The van der Waals surface area contributed by atoms with Gasteiger partial charge in [0.15, 0.2) is 0 Å². The van der Waals surface area contributed by atoms with Crippen LogP contribution in [-0.2, 0) is 20.0 Å². The second kappa shape index (κ2) is 7.14. The Balaban J connectivity index is 1.75. The topological polar surface area (TPSA) is 105 Å². The number of nitrogens with one attached hydrogen (secondary N) is 2. The number of hydrogen-bond donors (Lipinski definition) is 2. The lowest BCUT2D eigenvalue weighted by molar-refractivity contribution is 0.599. The molecule has 0 aliphatic rings. The average molecular weight is 389 g/mol. The van der Waals surface area contributed by atoms with Crippen LogP contribution >= 0.6 is 0 Å². The number of nitrogens with zero attached hydrogens (tertiary/aromatic N) is 1. The molecule has 3 aromatic rings. The molecule has 7 nitrogen and oxygen atoms in total. The van der Waals surface area contributed by atoms with Gasteiger partial charge in [0.1, 0.15) is 5.82 Å². The highest BCUT2D eigenvalue weighted by Crippen LogP contribution is 2.18. The zero-order valence-corrected chi connectivity index (χ0v) is 15.0. The van der Waals surface area contributed by atoms with Gasteiger partial charge in [-0.1, -0.05) is 36.4 Å². The second-order valence-corrected chi connectivity index (χ2v) is 8.63. The van der Waals surface area contributed by atoms with Crippen LogP contribution in [0.1, 0.15) is 0 Å². The molecule has 0 radical (unpaired) electrons. The molecule has 0 fully saturated rings. The van der Waals surface area contributed by atoms with Crippen LogP contribution in [0, 0.1) is 0 Å². The molecule has 0 unspecified atom stereocenters. The number of rotatable bonds is 6. The van der Waals surface area contributed by atoms with Gasteiger partial charge in [-0.3, -0.25) is 9.44 Å². The fourth-order valence-electron chi connectivity index (χ4n) is 2.12. The largest absolute Gasteiger partial charge is 0.278 e. The predicted octanol–water partition coefficient (Wildman–Crippen LogP) is 2.68. The van der Waals surface area contributed by atoms with Crippen LogP contribution in [0.4, 0.5) is 11.5 Å². The summed E-state index contributed by atoms with van der Waals surface area (Å²) < 4.78 is 53.7. The summed E-state index contributed by atoms with van der Waals surface area (Å²) in [7, 11) is -7.49. The van der Waals surface area contributed by atoms with E-state index in [9.17, 15) is 16.8 Å². The van der Waals surface area contributed by atoms with Crippen molar-refractivity contribution in [2.75, 3.05) is 9.44 Å². The summed E-state index contributed by atoms with van der Waals surface area (Å²) in [5.41, 5.74) is 0.219. The van der Waals surface area contributed by atoms with Gasteiger partial charge < -0.3 is 0 Å². The van der Waals surface area contributed by atoms with Gasteiger partial charge in [0.2, 0.25) is 0 Å². The lowest BCUT2D eigenvalue weighted by Crippen LogP contribution is -2.15. The van der Waals surface area contributed by atoms with Crippen LogP contribution in [0.15, 0.2) is 88.8 Å². The standard InChI is InChI=1S/C17H15N3O4S2/c21-25(22,15-7-3-1-4-8-15)19-14-11-12-17(18-13-14)20-26(23,24)16-9-5-2-6-10-16/h1-13,19H,(H,18,20). The predicted molar refractivity (Wildman–Crippen MR) is 98.7 cm³/mol. The van der Waals surface area contributed by atoms with Crippen LogP contribution in [0.3, 0.4) is 0 Å². The van der Waals surface area contributed by atoms with Gasteiger partial charge in [-0.2, -0.15) is 0 Å². The van der Waals surface area contributed by atoms with Gasteiger partial charge in [-0.15, -0.1) is 0 Å². The molecule has 0 aliphatic carbocycles. The minimum Gasteiger partial charge on any atom is -0.278 e. The van der Waals surface area contributed by atoms with E-state index in [0.29, 0.717) is 0 Å². The minimum absolute atomic E-state index is 0.0801. The van der Waals surface area contributed by atoms with Crippen molar-refractivity contribution in [1.29, 1.82) is 0 Å². The molecule has 134 valence electrons. The van der Waals surface area contributed by atoms with Gasteiger partial charge >= 0.3 is 0 Å². The fourth-order valence-corrected chi connectivity index (χ4v) is 4.22. The molecule has 9 heteroatoms. The van der Waals surface area contributed by atoms with Gasteiger partial charge in [0, 0.05) is 0 Å². The van der Waals surface area contributed by atoms with Crippen molar-refractivity contribution >= 4 is 31.6 Å². The summed E-state index contributed by atoms with van der Waals surface area (Å²) in [5.74, 6) is 0.0801. The van der Waals surface area contributed by atoms with Crippen molar-refractivity contribution in [2.24, 2.45) is 0 Å². The van der Waals surface area contributed by atoms with Gasteiger partial charge in [0.05, 0.1) is 21.7 Å². The number of hydrogen-bond acceptors (Lipinski definition) is 5. The first-order valence-corrected chi connectivity index (χ1v) is 10.5. The van der Waals surface area contributed by atoms with Crippen molar-refractivity contribution in [3.05, 3.63) is 79.0 Å². The van der Waals surface area contributed by atoms with Crippen molar-refractivity contribution in [3.8, 4) is 0 Å². The van der Waals surface area contributed by atoms with E-state index in [0.717, 1.165) is 0 Å². The number of anilines is 2. The van der Waals surface area contributed by atoms with E-state index >= 15 is 0 Å². The first-order valence-electron chi connectivity index (χ1n) is 7.49. The number of benzene rings is 2. The van der Waals surface area contributed by atoms with Crippen LogP contribution in [0.2, 0.25) is 0 Å². The minimum atomic E-state index is -3.76. The van der Waals surface area contributed by atoms with Crippen LogP contribution < -0.4 is 9.44 Å². The first-order chi connectivity index (χ1) is 12.4. The molecule has 0 saturated heterocycles. The van der Waals surface area contributed by atoms with Crippen LogP contribution in [0.5, 0.6) is 0 Å². The fraction of sp³-hybridized carbons (Fsp3) is 0. The molecule has 26 heavy (non-hydrogen) atoms. The maximum Gasteiger partial charge on any atom is 0.263 e. The lowest BCUT2D eigenvalue weighted by Gasteiger charge is -2.10. The molecule has 0 atom stereocenters. The number of sulfonamides is 2. The number of aromatic nitrogens is 1. The highest BCUT2D eigenvalue weighted by Gasteiger charge is 2.16. The molecular formula is C17H15N3O4S2. The monoisotopic (exact) mass is 389 g/mol. The van der Waals surface area contributed by atoms with E-state index < -0.39 is 20.0 Å². The molecule has 2 aromatic carbocycles. The van der Waals surface area contributed by atoms with Crippen molar-refractivity contribution < 1.29 is 16.8 Å². The Morgan fingerprint density at radius 2 is 1.12 bits per heavy atom. The summed E-state index contributed by atoms with van der Waals surface area (Å²) in [6, 6.07) is 18.6. The van der Waals surface area contributed by atoms with E-state index in [-0.39, 0.29) is 21.3 Å². The zero-order chi connectivity index (χ0) is 18.6. The molecule has 0 bridgehead atoms. The third kappa shape index (κ3) is 4.19. The van der Waals surface area contributed by atoms with Crippen molar-refractivity contribution in [3.63, 3.8) is 0 Å². The highest BCUT2D eigenvalue weighted by molar-refractivity contribution is 7.93. The second-order valence-electron chi connectivity index (χ2n) is 5.27. The Morgan fingerprint density at radius 1 is 0.615 bits per heavy atom.